The molecule has 152 valence electrons. The van der Waals surface area contributed by atoms with E-state index < -0.39 is 5.91 Å². The van der Waals surface area contributed by atoms with Gasteiger partial charge in [-0.05, 0) is 55.0 Å². The largest absolute Gasteiger partial charge is 0.490 e. The topological polar surface area (TPSA) is 55.4 Å². The van der Waals surface area contributed by atoms with Gasteiger partial charge in [0.25, 0.3) is 5.91 Å². The predicted octanol–water partition coefficient (Wildman–Crippen LogP) is 6.54. The standard InChI is InChI=1S/C24H19Cl2NO3/c1-16(28)21-15-19(30-13-5-8-17-6-3-2-4-7-17)10-12-23(21)27-24(29)20-11-9-18(25)14-22(20)26/h2-12,14-15H,13H2,1H3,(H,27,29)/b8-5+. The zero-order chi connectivity index (χ0) is 21.5. The van der Waals surface area contributed by atoms with Gasteiger partial charge < -0.3 is 10.1 Å². The summed E-state index contributed by atoms with van der Waals surface area (Å²) in [6, 6.07) is 19.4. The third kappa shape index (κ3) is 5.72. The van der Waals surface area contributed by atoms with Gasteiger partial charge in [-0.1, -0.05) is 59.6 Å². The fraction of sp³-hybridized carbons (Fsp3) is 0.0833. The van der Waals surface area contributed by atoms with E-state index in [1.807, 2.05) is 42.5 Å². The van der Waals surface area contributed by atoms with Crippen molar-refractivity contribution in [2.75, 3.05) is 11.9 Å². The fourth-order valence-corrected chi connectivity index (χ4v) is 3.26. The van der Waals surface area contributed by atoms with Crippen molar-refractivity contribution in [2.45, 2.75) is 6.92 Å². The van der Waals surface area contributed by atoms with Gasteiger partial charge in [-0.3, -0.25) is 9.59 Å². The van der Waals surface area contributed by atoms with Crippen molar-refractivity contribution in [1.29, 1.82) is 0 Å². The SMILES string of the molecule is CC(=O)c1cc(OC/C=C/c2ccccc2)ccc1NC(=O)c1ccc(Cl)cc1Cl. The van der Waals surface area contributed by atoms with Gasteiger partial charge in [-0.15, -0.1) is 0 Å². The van der Waals surface area contributed by atoms with Crippen LogP contribution in [0.4, 0.5) is 5.69 Å². The molecule has 0 heterocycles. The van der Waals surface area contributed by atoms with Gasteiger partial charge in [0.15, 0.2) is 5.78 Å². The van der Waals surface area contributed by atoms with E-state index in [1.54, 1.807) is 24.3 Å². The Hall–Kier alpha value is -3.08. The summed E-state index contributed by atoms with van der Waals surface area (Å²) in [4.78, 5) is 24.7. The van der Waals surface area contributed by atoms with Gasteiger partial charge in [0.2, 0.25) is 0 Å². The molecule has 0 aliphatic rings. The van der Waals surface area contributed by atoms with Crippen molar-refractivity contribution in [3.05, 3.63) is 99.5 Å². The zero-order valence-corrected chi connectivity index (χ0v) is 17.7. The molecule has 0 aliphatic heterocycles. The summed E-state index contributed by atoms with van der Waals surface area (Å²) < 4.78 is 5.71. The molecule has 0 spiro atoms. The number of nitrogens with one attached hydrogen (secondary N) is 1. The van der Waals surface area contributed by atoms with Crippen LogP contribution in [-0.2, 0) is 0 Å². The predicted molar refractivity (Wildman–Crippen MR) is 122 cm³/mol. The van der Waals surface area contributed by atoms with Crippen molar-refractivity contribution >= 4 is 46.7 Å². The number of ketones is 1. The first-order valence-corrected chi connectivity index (χ1v) is 9.95. The van der Waals surface area contributed by atoms with Crippen molar-refractivity contribution < 1.29 is 14.3 Å². The maximum atomic E-state index is 12.6. The third-order valence-corrected chi connectivity index (χ3v) is 4.80. The average molecular weight is 440 g/mol. The van der Waals surface area contributed by atoms with E-state index in [1.165, 1.54) is 19.1 Å². The summed E-state index contributed by atoms with van der Waals surface area (Å²) in [5.74, 6) is -0.100. The van der Waals surface area contributed by atoms with Crippen LogP contribution in [0.5, 0.6) is 5.75 Å². The number of carbonyl (C=O) groups is 2. The molecule has 4 nitrogen and oxygen atoms in total. The molecule has 3 rings (SSSR count). The lowest BCUT2D eigenvalue weighted by Gasteiger charge is -2.12. The van der Waals surface area contributed by atoms with Crippen LogP contribution in [0.3, 0.4) is 0 Å². The molecular weight excluding hydrogens is 421 g/mol. The van der Waals surface area contributed by atoms with E-state index in [9.17, 15) is 9.59 Å². The number of hydrogen-bond donors (Lipinski definition) is 1. The molecule has 0 fully saturated rings. The van der Waals surface area contributed by atoms with E-state index in [-0.39, 0.29) is 16.4 Å². The first-order chi connectivity index (χ1) is 14.4. The number of rotatable bonds is 7. The Labute approximate surface area is 185 Å². The molecule has 0 radical (unpaired) electrons. The number of carbonyl (C=O) groups excluding carboxylic acids is 2. The van der Waals surface area contributed by atoms with Crippen molar-refractivity contribution in [3.63, 3.8) is 0 Å². The lowest BCUT2D eigenvalue weighted by molar-refractivity contribution is 0.101. The molecule has 0 saturated heterocycles. The highest BCUT2D eigenvalue weighted by molar-refractivity contribution is 6.37. The number of benzene rings is 3. The molecule has 0 atom stereocenters. The monoisotopic (exact) mass is 439 g/mol. The van der Waals surface area contributed by atoms with E-state index >= 15 is 0 Å². The second kappa shape index (κ2) is 10.1. The summed E-state index contributed by atoms with van der Waals surface area (Å²) >= 11 is 12.0. The molecule has 1 amide bonds. The maximum Gasteiger partial charge on any atom is 0.257 e. The Morgan fingerprint density at radius 3 is 2.43 bits per heavy atom. The summed E-state index contributed by atoms with van der Waals surface area (Å²) in [6.45, 7) is 1.78. The second-order valence-electron chi connectivity index (χ2n) is 6.47. The zero-order valence-electron chi connectivity index (χ0n) is 16.2. The minimum absolute atomic E-state index is 0.196. The fourth-order valence-electron chi connectivity index (χ4n) is 2.77. The van der Waals surface area contributed by atoms with Crippen LogP contribution in [0.25, 0.3) is 6.08 Å². The first kappa shape index (κ1) is 21.6. The van der Waals surface area contributed by atoms with Gasteiger partial charge in [-0.2, -0.15) is 0 Å². The molecule has 0 aliphatic carbocycles. The quantitative estimate of drug-likeness (QED) is 0.425. The molecule has 6 heteroatoms. The van der Waals surface area contributed by atoms with Crippen LogP contribution in [0, 0.1) is 0 Å². The van der Waals surface area contributed by atoms with Gasteiger partial charge in [-0.25, -0.2) is 0 Å². The minimum atomic E-state index is -0.432. The summed E-state index contributed by atoms with van der Waals surface area (Å²) in [7, 11) is 0. The van der Waals surface area contributed by atoms with Crippen molar-refractivity contribution in [2.24, 2.45) is 0 Å². The van der Waals surface area contributed by atoms with Crippen LogP contribution < -0.4 is 10.1 Å². The van der Waals surface area contributed by atoms with Gasteiger partial charge in [0.05, 0.1) is 16.3 Å². The van der Waals surface area contributed by atoms with Crippen LogP contribution in [0.2, 0.25) is 10.0 Å². The number of Topliss-reactive ketones (excluding diaryl/α,β-unsaturated/α-hetero) is 1. The van der Waals surface area contributed by atoms with Gasteiger partial charge in [0.1, 0.15) is 12.4 Å². The van der Waals surface area contributed by atoms with E-state index in [2.05, 4.69) is 5.32 Å². The Kier molecular flexibility index (Phi) is 7.28. The number of halogens is 2. The molecule has 0 saturated carbocycles. The Morgan fingerprint density at radius 1 is 0.967 bits per heavy atom. The maximum absolute atomic E-state index is 12.6. The highest BCUT2D eigenvalue weighted by Crippen LogP contribution is 2.26. The molecular formula is C24H19Cl2NO3. The Morgan fingerprint density at radius 2 is 1.73 bits per heavy atom. The summed E-state index contributed by atoms with van der Waals surface area (Å²) in [6.07, 6.45) is 3.84. The lowest BCUT2D eigenvalue weighted by Crippen LogP contribution is -2.15. The number of hydrogen-bond acceptors (Lipinski definition) is 3. The molecule has 0 unspecified atom stereocenters. The summed E-state index contributed by atoms with van der Waals surface area (Å²) in [5, 5.41) is 3.39. The second-order valence-corrected chi connectivity index (χ2v) is 7.31. The van der Waals surface area contributed by atoms with Crippen LogP contribution >= 0.6 is 23.2 Å². The number of anilines is 1. The molecule has 1 N–H and O–H groups in total. The molecule has 0 aromatic heterocycles. The van der Waals surface area contributed by atoms with E-state index in [4.69, 9.17) is 27.9 Å². The van der Waals surface area contributed by atoms with Crippen LogP contribution in [0.15, 0.2) is 72.8 Å². The van der Waals surface area contributed by atoms with Crippen molar-refractivity contribution in [3.8, 4) is 5.75 Å². The number of ether oxygens (including phenoxy) is 1. The van der Waals surface area contributed by atoms with Crippen molar-refractivity contribution in [1.82, 2.24) is 0 Å². The third-order valence-electron chi connectivity index (χ3n) is 4.25. The van der Waals surface area contributed by atoms with E-state index in [0.29, 0.717) is 28.6 Å². The van der Waals surface area contributed by atoms with Crippen LogP contribution in [0.1, 0.15) is 33.2 Å². The Bertz CT molecular complexity index is 1090. The van der Waals surface area contributed by atoms with Gasteiger partial charge >= 0.3 is 0 Å². The summed E-state index contributed by atoms with van der Waals surface area (Å²) in [5.41, 5.74) is 2.06. The highest BCUT2D eigenvalue weighted by atomic mass is 35.5. The molecule has 30 heavy (non-hydrogen) atoms. The number of amides is 1. The molecule has 0 bridgehead atoms. The average Bonchev–Trinajstić information content (AvgIpc) is 2.72. The van der Waals surface area contributed by atoms with Gasteiger partial charge in [0, 0.05) is 10.6 Å². The minimum Gasteiger partial charge on any atom is -0.490 e. The van der Waals surface area contributed by atoms with Crippen LogP contribution in [-0.4, -0.2) is 18.3 Å². The lowest BCUT2D eigenvalue weighted by atomic mass is 10.1. The Balaban J connectivity index is 1.71. The molecule has 3 aromatic rings. The molecule has 3 aromatic carbocycles. The highest BCUT2D eigenvalue weighted by Gasteiger charge is 2.15. The normalized spacial score (nSPS) is 10.8. The smallest absolute Gasteiger partial charge is 0.257 e. The van der Waals surface area contributed by atoms with E-state index in [0.717, 1.165) is 5.56 Å². The first-order valence-electron chi connectivity index (χ1n) is 9.20.